The van der Waals surface area contributed by atoms with Crippen molar-refractivity contribution >= 4 is 17.3 Å². The number of carbonyl (C=O) groups excluding carboxylic acids is 1. The first-order valence-corrected chi connectivity index (χ1v) is 7.46. The lowest BCUT2D eigenvalue weighted by Crippen LogP contribution is -2.31. The van der Waals surface area contributed by atoms with Gasteiger partial charge in [-0.25, -0.2) is 4.39 Å². The van der Waals surface area contributed by atoms with Crippen LogP contribution in [0.5, 0.6) is 0 Å². The molecule has 0 fully saturated rings. The highest BCUT2D eigenvalue weighted by Crippen LogP contribution is 2.17. The number of amides is 1. The van der Waals surface area contributed by atoms with Crippen molar-refractivity contribution in [3.63, 3.8) is 0 Å². The molecule has 2 rings (SSSR count). The highest BCUT2D eigenvalue weighted by atomic mass is 19.1. The smallest absolute Gasteiger partial charge is 0.228 e. The molecule has 0 spiro atoms. The third kappa shape index (κ3) is 4.32. The lowest BCUT2D eigenvalue weighted by molar-refractivity contribution is -0.118. The number of aryl methyl sites for hydroxylation is 1. The van der Waals surface area contributed by atoms with Crippen LogP contribution >= 0.6 is 0 Å². The van der Waals surface area contributed by atoms with Crippen molar-refractivity contribution in [2.75, 3.05) is 23.3 Å². The molecule has 0 saturated carbocycles. The fourth-order valence-electron chi connectivity index (χ4n) is 2.32. The summed E-state index contributed by atoms with van der Waals surface area (Å²) in [6.07, 6.45) is 0.388. The number of nitrogens with one attached hydrogen (secondary N) is 1. The largest absolute Gasteiger partial charge is 0.385 e. The number of carbonyl (C=O) groups is 1. The second-order valence-electron chi connectivity index (χ2n) is 5.16. The van der Waals surface area contributed by atoms with E-state index in [4.69, 9.17) is 0 Å². The van der Waals surface area contributed by atoms with Gasteiger partial charge in [-0.3, -0.25) is 4.79 Å². The summed E-state index contributed by atoms with van der Waals surface area (Å²) in [7, 11) is 0. The fraction of sp³-hybridized carbons (Fsp3) is 0.278. The normalized spacial score (nSPS) is 10.3. The Kier molecular flexibility index (Phi) is 5.53. The second-order valence-corrected chi connectivity index (χ2v) is 5.16. The standard InChI is InChI=1S/C18H21FN2O/c1-3-21(17-6-4-5-14(2)13-17)18(22)11-12-20-16-9-7-15(19)8-10-16/h4-10,13,20H,3,11-12H2,1-2H3. The monoisotopic (exact) mass is 300 g/mol. The van der Waals surface area contributed by atoms with Gasteiger partial charge in [0.1, 0.15) is 5.82 Å². The summed E-state index contributed by atoms with van der Waals surface area (Å²) < 4.78 is 12.8. The number of nitrogens with zero attached hydrogens (tertiary/aromatic N) is 1. The average molecular weight is 300 g/mol. The molecule has 0 saturated heterocycles. The van der Waals surface area contributed by atoms with Crippen molar-refractivity contribution < 1.29 is 9.18 Å². The maximum atomic E-state index is 12.8. The molecule has 0 unspecified atom stereocenters. The molecule has 22 heavy (non-hydrogen) atoms. The first-order valence-electron chi connectivity index (χ1n) is 7.46. The van der Waals surface area contributed by atoms with E-state index in [1.54, 1.807) is 17.0 Å². The zero-order chi connectivity index (χ0) is 15.9. The summed E-state index contributed by atoms with van der Waals surface area (Å²) in [5.74, 6) is -0.194. The fourth-order valence-corrected chi connectivity index (χ4v) is 2.32. The summed E-state index contributed by atoms with van der Waals surface area (Å²) in [6.45, 7) is 5.14. The van der Waals surface area contributed by atoms with Gasteiger partial charge in [-0.15, -0.1) is 0 Å². The molecule has 0 radical (unpaired) electrons. The van der Waals surface area contributed by atoms with Crippen LogP contribution in [0.2, 0.25) is 0 Å². The van der Waals surface area contributed by atoms with Gasteiger partial charge in [-0.2, -0.15) is 0 Å². The lowest BCUT2D eigenvalue weighted by Gasteiger charge is -2.21. The SMILES string of the molecule is CCN(C(=O)CCNc1ccc(F)cc1)c1cccc(C)c1. The Bertz CT molecular complexity index is 625. The van der Waals surface area contributed by atoms with Crippen LogP contribution in [-0.4, -0.2) is 19.0 Å². The Morgan fingerprint density at radius 2 is 1.91 bits per heavy atom. The molecule has 0 atom stereocenters. The molecule has 0 aromatic heterocycles. The van der Waals surface area contributed by atoms with Crippen molar-refractivity contribution in [2.24, 2.45) is 0 Å². The number of rotatable bonds is 6. The van der Waals surface area contributed by atoms with E-state index in [2.05, 4.69) is 5.32 Å². The van der Waals surface area contributed by atoms with Crippen molar-refractivity contribution in [1.29, 1.82) is 0 Å². The molecule has 0 aliphatic heterocycles. The van der Waals surface area contributed by atoms with E-state index in [1.807, 2.05) is 38.1 Å². The number of halogens is 1. The molecule has 0 aliphatic rings. The van der Waals surface area contributed by atoms with E-state index < -0.39 is 0 Å². The Labute approximate surface area is 130 Å². The van der Waals surface area contributed by atoms with Gasteiger partial charge in [0.15, 0.2) is 0 Å². The molecule has 0 aliphatic carbocycles. The molecule has 4 heteroatoms. The van der Waals surface area contributed by atoms with Crippen molar-refractivity contribution in [1.82, 2.24) is 0 Å². The van der Waals surface area contributed by atoms with Gasteiger partial charge >= 0.3 is 0 Å². The van der Waals surface area contributed by atoms with Gasteiger partial charge in [-0.05, 0) is 55.8 Å². The molecule has 1 amide bonds. The van der Waals surface area contributed by atoms with Crippen molar-refractivity contribution in [2.45, 2.75) is 20.3 Å². The molecule has 0 bridgehead atoms. The number of hydrogen-bond acceptors (Lipinski definition) is 2. The predicted octanol–water partition coefficient (Wildman–Crippen LogP) is 3.99. The van der Waals surface area contributed by atoms with E-state index in [-0.39, 0.29) is 11.7 Å². The van der Waals surface area contributed by atoms with Crippen LogP contribution in [0.15, 0.2) is 48.5 Å². The van der Waals surface area contributed by atoms with E-state index in [0.29, 0.717) is 19.5 Å². The van der Waals surface area contributed by atoms with Crippen LogP contribution < -0.4 is 10.2 Å². The summed E-state index contributed by atoms with van der Waals surface area (Å²) in [5.41, 5.74) is 2.87. The van der Waals surface area contributed by atoms with Crippen molar-refractivity contribution in [3.05, 3.63) is 59.9 Å². The predicted molar refractivity (Wildman–Crippen MR) is 88.7 cm³/mol. The minimum Gasteiger partial charge on any atom is -0.385 e. The third-order valence-electron chi connectivity index (χ3n) is 3.44. The topological polar surface area (TPSA) is 32.3 Å². The quantitative estimate of drug-likeness (QED) is 0.875. The average Bonchev–Trinajstić information content (AvgIpc) is 2.50. The van der Waals surface area contributed by atoms with Crippen LogP contribution in [0.4, 0.5) is 15.8 Å². The highest BCUT2D eigenvalue weighted by Gasteiger charge is 2.13. The first kappa shape index (κ1) is 16.0. The minimum absolute atomic E-state index is 0.0720. The number of anilines is 2. The molecular formula is C18H21FN2O. The van der Waals surface area contributed by atoms with Gasteiger partial charge in [0.2, 0.25) is 5.91 Å². The Morgan fingerprint density at radius 3 is 2.55 bits per heavy atom. The van der Waals surface area contributed by atoms with Gasteiger partial charge in [0.25, 0.3) is 0 Å². The van der Waals surface area contributed by atoms with Crippen LogP contribution in [0.25, 0.3) is 0 Å². The summed E-state index contributed by atoms with van der Waals surface area (Å²) in [5, 5.41) is 3.13. The summed E-state index contributed by atoms with van der Waals surface area (Å²) >= 11 is 0. The van der Waals surface area contributed by atoms with E-state index in [1.165, 1.54) is 12.1 Å². The lowest BCUT2D eigenvalue weighted by atomic mass is 10.2. The molecule has 2 aromatic carbocycles. The van der Waals surface area contributed by atoms with E-state index in [9.17, 15) is 9.18 Å². The van der Waals surface area contributed by atoms with Gasteiger partial charge in [-0.1, -0.05) is 12.1 Å². The van der Waals surface area contributed by atoms with Crippen LogP contribution in [0.3, 0.4) is 0 Å². The zero-order valence-electron chi connectivity index (χ0n) is 13.0. The number of benzene rings is 2. The molecule has 2 aromatic rings. The Hall–Kier alpha value is -2.36. The van der Waals surface area contributed by atoms with Crippen molar-refractivity contribution in [3.8, 4) is 0 Å². The van der Waals surface area contributed by atoms with E-state index >= 15 is 0 Å². The van der Waals surface area contributed by atoms with Crippen LogP contribution in [0, 0.1) is 12.7 Å². The highest BCUT2D eigenvalue weighted by molar-refractivity contribution is 5.93. The molecule has 0 heterocycles. The van der Waals surface area contributed by atoms with Crippen LogP contribution in [0.1, 0.15) is 18.9 Å². The zero-order valence-corrected chi connectivity index (χ0v) is 13.0. The van der Waals surface area contributed by atoms with E-state index in [0.717, 1.165) is 16.9 Å². The summed E-state index contributed by atoms with van der Waals surface area (Å²) in [6, 6.07) is 14.0. The first-order chi connectivity index (χ1) is 10.6. The number of hydrogen-bond donors (Lipinski definition) is 1. The third-order valence-corrected chi connectivity index (χ3v) is 3.44. The maximum absolute atomic E-state index is 12.8. The van der Waals surface area contributed by atoms with Gasteiger partial charge in [0, 0.05) is 30.9 Å². The van der Waals surface area contributed by atoms with Gasteiger partial charge < -0.3 is 10.2 Å². The Morgan fingerprint density at radius 1 is 1.18 bits per heavy atom. The molecular weight excluding hydrogens is 279 g/mol. The molecule has 3 nitrogen and oxygen atoms in total. The Balaban J connectivity index is 1.91. The van der Waals surface area contributed by atoms with Crippen LogP contribution in [-0.2, 0) is 4.79 Å². The second kappa shape index (κ2) is 7.59. The molecule has 116 valence electrons. The van der Waals surface area contributed by atoms with Gasteiger partial charge in [0.05, 0.1) is 0 Å². The molecule has 1 N–H and O–H groups in total. The summed E-state index contributed by atoms with van der Waals surface area (Å²) in [4.78, 5) is 14.1. The minimum atomic E-state index is -0.266. The maximum Gasteiger partial charge on any atom is 0.228 e.